The summed E-state index contributed by atoms with van der Waals surface area (Å²) in [6, 6.07) is 14.3. The van der Waals surface area contributed by atoms with Crippen LogP contribution in [0, 0.1) is 5.82 Å². The first-order valence-corrected chi connectivity index (χ1v) is 15.4. The second-order valence-corrected chi connectivity index (χ2v) is 13.3. The zero-order valence-electron chi connectivity index (χ0n) is 24.0. The molecule has 0 saturated heterocycles. The van der Waals surface area contributed by atoms with Gasteiger partial charge in [-0.1, -0.05) is 29.3 Å². The number of ether oxygens (including phenoxy) is 1. The van der Waals surface area contributed by atoms with Gasteiger partial charge in [-0.05, 0) is 101 Å². The van der Waals surface area contributed by atoms with Gasteiger partial charge in [0.05, 0.1) is 27.2 Å². The van der Waals surface area contributed by atoms with Crippen LogP contribution in [0.5, 0.6) is 5.75 Å². The van der Waals surface area contributed by atoms with Crippen molar-refractivity contribution >= 4 is 50.7 Å². The predicted octanol–water partition coefficient (Wildman–Crippen LogP) is 6.06. The lowest BCUT2D eigenvalue weighted by atomic mass is 10.1. The maximum atomic E-state index is 14.0. The minimum Gasteiger partial charge on any atom is -0.494 e. The van der Waals surface area contributed by atoms with Crippen molar-refractivity contribution in [3.63, 3.8) is 0 Å². The van der Waals surface area contributed by atoms with Gasteiger partial charge in [0.1, 0.15) is 24.2 Å². The smallest absolute Gasteiger partial charge is 0.264 e. The number of sulfonamides is 1. The molecule has 0 radical (unpaired) electrons. The Morgan fingerprint density at radius 1 is 0.976 bits per heavy atom. The van der Waals surface area contributed by atoms with Crippen LogP contribution in [0.1, 0.15) is 40.2 Å². The van der Waals surface area contributed by atoms with Gasteiger partial charge in [0, 0.05) is 12.1 Å². The zero-order valence-corrected chi connectivity index (χ0v) is 26.4. The third-order valence-electron chi connectivity index (χ3n) is 6.12. The number of benzene rings is 3. The fraction of sp³-hybridized carbons (Fsp3) is 0.333. The normalized spacial score (nSPS) is 12.4. The fourth-order valence-electron chi connectivity index (χ4n) is 4.03. The first-order chi connectivity index (χ1) is 19.6. The molecule has 0 spiro atoms. The highest BCUT2D eigenvalue weighted by atomic mass is 35.5. The third kappa shape index (κ3) is 8.59. The number of hydrogen-bond acceptors (Lipinski definition) is 5. The number of nitrogens with one attached hydrogen (secondary N) is 1. The summed E-state index contributed by atoms with van der Waals surface area (Å²) in [7, 11) is -4.32. The molecular formula is C30H34Cl2FN3O5S. The molecule has 0 aliphatic heterocycles. The third-order valence-corrected chi connectivity index (χ3v) is 8.65. The van der Waals surface area contributed by atoms with Gasteiger partial charge in [0.25, 0.3) is 10.0 Å². The summed E-state index contributed by atoms with van der Waals surface area (Å²) < 4.78 is 47.9. The lowest BCUT2D eigenvalue weighted by molar-refractivity contribution is -0.140. The Morgan fingerprint density at radius 2 is 1.60 bits per heavy atom. The van der Waals surface area contributed by atoms with Crippen LogP contribution in [-0.4, -0.2) is 49.9 Å². The van der Waals surface area contributed by atoms with Gasteiger partial charge in [-0.3, -0.25) is 13.9 Å². The van der Waals surface area contributed by atoms with E-state index in [2.05, 4.69) is 5.32 Å². The summed E-state index contributed by atoms with van der Waals surface area (Å²) in [6.45, 7) is 8.45. The molecule has 0 bridgehead atoms. The molecule has 2 amide bonds. The quantitative estimate of drug-likeness (QED) is 0.276. The Labute approximate surface area is 256 Å². The molecule has 0 unspecified atom stereocenters. The first-order valence-electron chi connectivity index (χ1n) is 13.2. The van der Waals surface area contributed by atoms with Crippen LogP contribution in [0.2, 0.25) is 10.0 Å². The molecule has 0 aromatic heterocycles. The molecule has 3 rings (SSSR count). The number of carbonyl (C=O) groups excluding carboxylic acids is 2. The molecule has 3 aromatic carbocycles. The van der Waals surface area contributed by atoms with Gasteiger partial charge >= 0.3 is 0 Å². The van der Waals surface area contributed by atoms with Gasteiger partial charge in [-0.2, -0.15) is 0 Å². The highest BCUT2D eigenvalue weighted by molar-refractivity contribution is 7.92. The van der Waals surface area contributed by atoms with Crippen LogP contribution in [0.3, 0.4) is 0 Å². The predicted molar refractivity (Wildman–Crippen MR) is 163 cm³/mol. The largest absolute Gasteiger partial charge is 0.494 e. The van der Waals surface area contributed by atoms with Crippen molar-refractivity contribution in [1.82, 2.24) is 10.2 Å². The SMILES string of the molecule is CCOc1ccc(S(=O)(=O)N(CC(=O)N(Cc2ccc(Cl)c(Cl)c2)[C@H](C)C(=O)NC(C)(C)C)c2ccc(F)cc2)cc1. The van der Waals surface area contributed by atoms with Crippen LogP contribution in [0.15, 0.2) is 71.6 Å². The molecule has 1 N–H and O–H groups in total. The van der Waals surface area contributed by atoms with Crippen molar-refractivity contribution in [3.05, 3.63) is 88.2 Å². The fourth-order valence-corrected chi connectivity index (χ4v) is 5.76. The van der Waals surface area contributed by atoms with Crippen molar-refractivity contribution in [2.75, 3.05) is 17.5 Å². The second kappa shape index (κ2) is 13.8. The summed E-state index contributed by atoms with van der Waals surface area (Å²) in [6.07, 6.45) is 0. The van der Waals surface area contributed by atoms with E-state index in [1.165, 1.54) is 41.3 Å². The average Bonchev–Trinajstić information content (AvgIpc) is 2.92. The molecule has 1 atom stereocenters. The van der Waals surface area contributed by atoms with E-state index in [0.29, 0.717) is 22.9 Å². The van der Waals surface area contributed by atoms with Gasteiger partial charge in [0.2, 0.25) is 11.8 Å². The van der Waals surface area contributed by atoms with Gasteiger partial charge in [-0.15, -0.1) is 0 Å². The van der Waals surface area contributed by atoms with E-state index in [-0.39, 0.29) is 22.2 Å². The van der Waals surface area contributed by atoms with Crippen LogP contribution in [-0.2, 0) is 26.2 Å². The Kier molecular flexibility index (Phi) is 10.9. The Morgan fingerprint density at radius 3 is 2.14 bits per heavy atom. The average molecular weight is 639 g/mol. The summed E-state index contributed by atoms with van der Waals surface area (Å²) in [5.41, 5.74) is 0.0663. The lowest BCUT2D eigenvalue weighted by Gasteiger charge is -2.33. The number of hydrogen-bond donors (Lipinski definition) is 1. The monoisotopic (exact) mass is 637 g/mol. The molecule has 0 fully saturated rings. The maximum Gasteiger partial charge on any atom is 0.264 e. The summed E-state index contributed by atoms with van der Waals surface area (Å²) in [5.74, 6) is -1.19. The van der Waals surface area contributed by atoms with Crippen LogP contribution in [0.25, 0.3) is 0 Å². The molecule has 0 heterocycles. The van der Waals surface area contributed by atoms with Crippen molar-refractivity contribution in [3.8, 4) is 5.75 Å². The van der Waals surface area contributed by atoms with E-state index >= 15 is 0 Å². The zero-order chi connectivity index (χ0) is 31.2. The Balaban J connectivity index is 2.04. The van der Waals surface area contributed by atoms with E-state index < -0.39 is 45.8 Å². The molecule has 0 aliphatic rings. The van der Waals surface area contributed by atoms with E-state index in [0.717, 1.165) is 16.4 Å². The van der Waals surface area contributed by atoms with Gasteiger partial charge < -0.3 is 15.0 Å². The number of halogens is 3. The molecule has 42 heavy (non-hydrogen) atoms. The van der Waals surface area contributed by atoms with Crippen molar-refractivity contribution in [1.29, 1.82) is 0 Å². The lowest BCUT2D eigenvalue weighted by Crippen LogP contribution is -2.54. The van der Waals surface area contributed by atoms with Crippen LogP contribution < -0.4 is 14.4 Å². The molecular weight excluding hydrogens is 604 g/mol. The number of amides is 2. The summed E-state index contributed by atoms with van der Waals surface area (Å²) >= 11 is 12.3. The molecule has 12 heteroatoms. The van der Waals surface area contributed by atoms with Gasteiger partial charge in [0.15, 0.2) is 0 Å². The maximum absolute atomic E-state index is 14.0. The molecule has 8 nitrogen and oxygen atoms in total. The highest BCUT2D eigenvalue weighted by Gasteiger charge is 2.33. The van der Waals surface area contributed by atoms with Crippen molar-refractivity contribution in [2.24, 2.45) is 0 Å². The van der Waals surface area contributed by atoms with E-state index in [1.54, 1.807) is 32.0 Å². The van der Waals surface area contributed by atoms with Crippen LogP contribution in [0.4, 0.5) is 10.1 Å². The highest BCUT2D eigenvalue weighted by Crippen LogP contribution is 2.27. The molecule has 0 saturated carbocycles. The van der Waals surface area contributed by atoms with E-state index in [9.17, 15) is 22.4 Å². The molecule has 226 valence electrons. The summed E-state index contributed by atoms with van der Waals surface area (Å²) in [5, 5.41) is 3.44. The minimum absolute atomic E-state index is 0.0607. The van der Waals surface area contributed by atoms with Crippen LogP contribution >= 0.6 is 23.2 Å². The minimum atomic E-state index is -4.32. The molecule has 3 aromatic rings. The number of nitrogens with zero attached hydrogens (tertiary/aromatic N) is 2. The number of carbonyl (C=O) groups is 2. The molecule has 0 aliphatic carbocycles. The first kappa shape index (κ1) is 33.2. The van der Waals surface area contributed by atoms with Crippen molar-refractivity contribution in [2.45, 2.75) is 57.6 Å². The Hall–Kier alpha value is -3.34. The second-order valence-electron chi connectivity index (χ2n) is 10.6. The van der Waals surface area contributed by atoms with Gasteiger partial charge in [-0.25, -0.2) is 12.8 Å². The standard InChI is InChI=1S/C30H34Cl2FN3O5S/c1-6-41-24-12-14-25(15-13-24)42(39,40)36(23-10-8-22(33)9-11-23)19-28(37)35(20(2)29(38)34-30(3,4)5)18-21-7-16-26(31)27(32)17-21/h7-17,20H,6,18-19H2,1-5H3,(H,34,38)/t20-/m1/s1. The Bertz CT molecular complexity index is 1510. The van der Waals surface area contributed by atoms with E-state index in [4.69, 9.17) is 27.9 Å². The van der Waals surface area contributed by atoms with E-state index in [1.807, 2.05) is 20.8 Å². The topological polar surface area (TPSA) is 96.0 Å². The van der Waals surface area contributed by atoms with Crippen molar-refractivity contribution < 1.29 is 27.1 Å². The number of rotatable bonds is 11. The summed E-state index contributed by atoms with van der Waals surface area (Å²) in [4.78, 5) is 28.3. The number of anilines is 1.